The summed E-state index contributed by atoms with van der Waals surface area (Å²) in [6, 6.07) is 0.453. The Kier molecular flexibility index (Phi) is 6.60. The summed E-state index contributed by atoms with van der Waals surface area (Å²) in [4.78, 5) is 13.6. The normalized spacial score (nSPS) is 16.2. The highest BCUT2D eigenvalue weighted by Crippen LogP contribution is 2.16. The molecule has 0 bridgehead atoms. The fourth-order valence-electron chi connectivity index (χ4n) is 1.77. The van der Waals surface area contributed by atoms with Crippen LogP contribution in [0.3, 0.4) is 0 Å². The summed E-state index contributed by atoms with van der Waals surface area (Å²) < 4.78 is 6.42. The molecule has 1 aromatic rings. The minimum atomic E-state index is -0.318. The number of nitrogens with one attached hydrogen (secondary N) is 1. The fraction of sp³-hybridized carbons (Fsp3) is 0.769. The van der Waals surface area contributed by atoms with Crippen LogP contribution in [0.4, 0.5) is 0 Å². The number of ether oxygens (including phenoxy) is 1. The molecule has 0 unspecified atom stereocenters. The second kappa shape index (κ2) is 7.96. The van der Waals surface area contributed by atoms with Crippen LogP contribution in [0.25, 0.3) is 0 Å². The zero-order chi connectivity index (χ0) is 15.0. The molecule has 0 spiro atoms. The number of carbonyl (C=O) groups excluding carboxylic acids is 1. The second-order valence-corrected chi connectivity index (χ2v) is 5.61. The van der Waals surface area contributed by atoms with Crippen molar-refractivity contribution in [1.29, 1.82) is 0 Å². The van der Waals surface area contributed by atoms with E-state index in [2.05, 4.69) is 20.1 Å². The molecular formula is C13H24N4O3. The van der Waals surface area contributed by atoms with E-state index in [-0.39, 0.29) is 12.2 Å². The first-order valence-corrected chi connectivity index (χ1v) is 6.79. The first kappa shape index (κ1) is 16.6. The van der Waals surface area contributed by atoms with Crippen molar-refractivity contribution in [2.24, 2.45) is 0 Å². The van der Waals surface area contributed by atoms with Gasteiger partial charge in [-0.15, -0.1) is 0 Å². The fourth-order valence-corrected chi connectivity index (χ4v) is 1.77. The monoisotopic (exact) mass is 284 g/mol. The molecule has 0 aromatic carbocycles. The third-order valence-corrected chi connectivity index (χ3v) is 2.78. The summed E-state index contributed by atoms with van der Waals surface area (Å²) in [5, 5.41) is 16.3. The Bertz CT molecular complexity index is 395. The van der Waals surface area contributed by atoms with Crippen LogP contribution < -0.4 is 5.32 Å². The van der Waals surface area contributed by atoms with Gasteiger partial charge < -0.3 is 15.2 Å². The summed E-state index contributed by atoms with van der Waals surface area (Å²) in [5.74, 6) is 0.513. The first-order chi connectivity index (χ1) is 9.46. The van der Waals surface area contributed by atoms with Gasteiger partial charge in [-0.2, -0.15) is 5.10 Å². The van der Waals surface area contributed by atoms with Gasteiger partial charge in [-0.05, 0) is 46.7 Å². The van der Waals surface area contributed by atoms with E-state index >= 15 is 0 Å². The second-order valence-electron chi connectivity index (χ2n) is 5.61. The van der Waals surface area contributed by atoms with E-state index in [0.29, 0.717) is 18.3 Å². The van der Waals surface area contributed by atoms with Crippen LogP contribution in [0.15, 0.2) is 6.33 Å². The van der Waals surface area contributed by atoms with E-state index in [1.54, 1.807) is 6.33 Å². The van der Waals surface area contributed by atoms with Gasteiger partial charge in [0.1, 0.15) is 18.5 Å². The summed E-state index contributed by atoms with van der Waals surface area (Å²) in [5.41, 5.74) is -0.318. The van der Waals surface area contributed by atoms with E-state index in [1.165, 1.54) is 0 Å². The van der Waals surface area contributed by atoms with Crippen molar-refractivity contribution >= 4 is 6.47 Å². The van der Waals surface area contributed by atoms with Crippen LogP contribution in [0, 0.1) is 0 Å². The van der Waals surface area contributed by atoms with E-state index in [0.717, 1.165) is 25.9 Å². The highest BCUT2D eigenvalue weighted by molar-refractivity contribution is 5.37. The van der Waals surface area contributed by atoms with Crippen molar-refractivity contribution in [3.05, 3.63) is 12.2 Å². The maximum absolute atomic E-state index is 9.60. The van der Waals surface area contributed by atoms with Crippen molar-refractivity contribution in [2.75, 3.05) is 13.1 Å². The zero-order valence-corrected chi connectivity index (χ0v) is 12.4. The van der Waals surface area contributed by atoms with Crippen molar-refractivity contribution in [3.8, 4) is 0 Å². The molecular weight excluding hydrogens is 260 g/mol. The molecule has 1 aliphatic heterocycles. The Hall–Kier alpha value is -1.47. The molecule has 20 heavy (non-hydrogen) atoms. The molecule has 0 atom stereocenters. The van der Waals surface area contributed by atoms with Crippen LogP contribution in [0.5, 0.6) is 0 Å². The number of aliphatic hydroxyl groups is 1. The van der Waals surface area contributed by atoms with Crippen LogP contribution in [-0.2, 0) is 16.1 Å². The SMILES string of the molecule is CC(C)(C)OC=O.OCc1ncn(C2CCNCC2)n1. The smallest absolute Gasteiger partial charge is 0.293 e. The highest BCUT2D eigenvalue weighted by Gasteiger charge is 2.15. The van der Waals surface area contributed by atoms with Crippen LogP contribution in [0.2, 0.25) is 0 Å². The molecule has 1 aliphatic rings. The summed E-state index contributed by atoms with van der Waals surface area (Å²) >= 11 is 0. The minimum Gasteiger partial charge on any atom is -0.462 e. The molecule has 0 aliphatic carbocycles. The predicted octanol–water partition coefficient (Wildman–Crippen LogP) is 0.653. The lowest BCUT2D eigenvalue weighted by Gasteiger charge is -2.22. The molecule has 2 rings (SSSR count). The number of hydrogen-bond donors (Lipinski definition) is 2. The molecule has 0 amide bonds. The van der Waals surface area contributed by atoms with Crippen molar-refractivity contribution in [1.82, 2.24) is 20.1 Å². The molecule has 1 fully saturated rings. The Morgan fingerprint density at radius 1 is 1.50 bits per heavy atom. The summed E-state index contributed by atoms with van der Waals surface area (Å²) in [7, 11) is 0. The van der Waals surface area contributed by atoms with E-state index in [4.69, 9.17) is 5.11 Å². The maximum Gasteiger partial charge on any atom is 0.293 e. The predicted molar refractivity (Wildman–Crippen MR) is 74.0 cm³/mol. The zero-order valence-electron chi connectivity index (χ0n) is 12.4. The molecule has 2 N–H and O–H groups in total. The lowest BCUT2D eigenvalue weighted by molar-refractivity contribution is -0.138. The molecule has 7 nitrogen and oxygen atoms in total. The Balaban J connectivity index is 0.000000246. The van der Waals surface area contributed by atoms with Crippen molar-refractivity contribution in [2.45, 2.75) is 51.9 Å². The number of piperidine rings is 1. The molecule has 1 saturated heterocycles. The standard InChI is InChI=1S/C8H14N4O.C5H10O2/c13-5-8-10-6-12(11-8)7-1-3-9-4-2-7;1-5(2,3)7-4-6/h6-7,9,13H,1-5H2;4H,1-3H3. The number of rotatable bonds is 3. The number of carbonyl (C=O) groups is 1. The van der Waals surface area contributed by atoms with Crippen LogP contribution in [0.1, 0.15) is 45.5 Å². The topological polar surface area (TPSA) is 89.3 Å². The Labute approximate surface area is 119 Å². The summed E-state index contributed by atoms with van der Waals surface area (Å²) in [6.07, 6.45) is 3.89. The average Bonchev–Trinajstić information content (AvgIpc) is 2.88. The van der Waals surface area contributed by atoms with Gasteiger partial charge in [-0.1, -0.05) is 0 Å². The molecule has 0 radical (unpaired) electrons. The molecule has 0 saturated carbocycles. The van der Waals surface area contributed by atoms with Gasteiger partial charge in [0.05, 0.1) is 6.04 Å². The number of aromatic nitrogens is 3. The van der Waals surface area contributed by atoms with Gasteiger partial charge in [-0.25, -0.2) is 9.67 Å². The molecule has 2 heterocycles. The Morgan fingerprint density at radius 3 is 2.55 bits per heavy atom. The molecule has 7 heteroatoms. The largest absolute Gasteiger partial charge is 0.462 e. The molecule has 114 valence electrons. The van der Waals surface area contributed by atoms with Gasteiger partial charge in [0.25, 0.3) is 6.47 Å². The quantitative estimate of drug-likeness (QED) is 0.792. The highest BCUT2D eigenvalue weighted by atomic mass is 16.5. The van der Waals surface area contributed by atoms with Crippen LogP contribution in [-0.4, -0.2) is 45.0 Å². The van der Waals surface area contributed by atoms with Gasteiger partial charge >= 0.3 is 0 Å². The first-order valence-electron chi connectivity index (χ1n) is 6.79. The number of nitrogens with zero attached hydrogens (tertiary/aromatic N) is 3. The van der Waals surface area contributed by atoms with E-state index in [9.17, 15) is 4.79 Å². The lowest BCUT2D eigenvalue weighted by Crippen LogP contribution is -2.29. The van der Waals surface area contributed by atoms with Crippen LogP contribution >= 0.6 is 0 Å². The summed E-state index contributed by atoms with van der Waals surface area (Å²) in [6.45, 7) is 7.93. The molecule has 1 aromatic heterocycles. The third kappa shape index (κ3) is 6.12. The van der Waals surface area contributed by atoms with Gasteiger partial charge in [0.15, 0.2) is 5.82 Å². The van der Waals surface area contributed by atoms with Gasteiger partial charge in [-0.3, -0.25) is 4.79 Å². The van der Waals surface area contributed by atoms with Crippen molar-refractivity contribution in [3.63, 3.8) is 0 Å². The number of hydrogen-bond acceptors (Lipinski definition) is 6. The van der Waals surface area contributed by atoms with Crippen molar-refractivity contribution < 1.29 is 14.6 Å². The number of aliphatic hydroxyl groups excluding tert-OH is 1. The maximum atomic E-state index is 9.60. The minimum absolute atomic E-state index is 0.0715. The Morgan fingerprint density at radius 2 is 2.15 bits per heavy atom. The average molecular weight is 284 g/mol. The van der Waals surface area contributed by atoms with E-state index < -0.39 is 0 Å². The third-order valence-electron chi connectivity index (χ3n) is 2.78. The van der Waals surface area contributed by atoms with Gasteiger partial charge in [0.2, 0.25) is 0 Å². The lowest BCUT2D eigenvalue weighted by atomic mass is 10.1. The van der Waals surface area contributed by atoms with Gasteiger partial charge in [0, 0.05) is 0 Å². The van der Waals surface area contributed by atoms with E-state index in [1.807, 2.05) is 25.5 Å².